The van der Waals surface area contributed by atoms with Crippen molar-refractivity contribution in [1.82, 2.24) is 5.32 Å². The number of carboxylic acid groups (broad SMARTS) is 1. The van der Waals surface area contributed by atoms with Crippen LogP contribution in [0.15, 0.2) is 66.7 Å². The number of carbonyl (C=O) groups excluding carboxylic acids is 2. The lowest BCUT2D eigenvalue weighted by Gasteiger charge is -2.26. The highest BCUT2D eigenvalue weighted by Gasteiger charge is 2.29. The van der Waals surface area contributed by atoms with Crippen LogP contribution in [0.4, 0.5) is 0 Å². The van der Waals surface area contributed by atoms with Gasteiger partial charge in [0.1, 0.15) is 23.6 Å². The minimum atomic E-state index is -1.18. The molecule has 0 bridgehead atoms. The molecule has 0 radical (unpaired) electrons. The van der Waals surface area contributed by atoms with E-state index in [4.69, 9.17) is 9.47 Å². The first-order chi connectivity index (χ1) is 16.8. The molecule has 3 aromatic rings. The van der Waals surface area contributed by atoms with Crippen LogP contribution < -0.4 is 10.1 Å². The molecule has 1 heterocycles. The molecule has 0 spiro atoms. The summed E-state index contributed by atoms with van der Waals surface area (Å²) in [5, 5.41) is 21.4. The maximum absolute atomic E-state index is 12.5. The number of cyclic esters (lactones) is 1. The van der Waals surface area contributed by atoms with Gasteiger partial charge in [-0.05, 0) is 48.4 Å². The van der Waals surface area contributed by atoms with Gasteiger partial charge >= 0.3 is 11.9 Å². The third kappa shape index (κ3) is 5.78. The van der Waals surface area contributed by atoms with Crippen LogP contribution >= 0.6 is 0 Å². The van der Waals surface area contributed by atoms with E-state index in [1.54, 1.807) is 30.3 Å². The second-order valence-corrected chi connectivity index (χ2v) is 8.41. The molecule has 8 nitrogen and oxygen atoms in total. The lowest BCUT2D eigenvalue weighted by Crippen LogP contribution is -2.44. The number of aliphatic carboxylic acids is 1. The van der Waals surface area contributed by atoms with E-state index in [-0.39, 0.29) is 12.2 Å². The molecule has 1 aliphatic heterocycles. The van der Waals surface area contributed by atoms with Gasteiger partial charge < -0.3 is 25.0 Å². The molecule has 0 fully saturated rings. The fraction of sp³-hybridized carbons (Fsp3) is 0.222. The highest BCUT2D eigenvalue weighted by atomic mass is 16.5. The molecule has 8 heteroatoms. The Morgan fingerprint density at radius 1 is 1.11 bits per heavy atom. The van der Waals surface area contributed by atoms with Crippen molar-refractivity contribution in [2.45, 2.75) is 31.9 Å². The minimum absolute atomic E-state index is 0.0502. The average molecular weight is 475 g/mol. The van der Waals surface area contributed by atoms with E-state index in [0.29, 0.717) is 28.9 Å². The molecule has 4 rings (SSSR count). The van der Waals surface area contributed by atoms with E-state index in [9.17, 15) is 24.6 Å². The number of fused-ring (bicyclic) bond motifs is 1. The predicted octanol–water partition coefficient (Wildman–Crippen LogP) is 3.35. The Hall–Kier alpha value is -4.33. The van der Waals surface area contributed by atoms with Crippen LogP contribution in [0.2, 0.25) is 0 Å². The maximum atomic E-state index is 12.5. The van der Waals surface area contributed by atoms with Crippen LogP contribution in [0.1, 0.15) is 38.7 Å². The van der Waals surface area contributed by atoms with Crippen molar-refractivity contribution in [3.63, 3.8) is 0 Å². The highest BCUT2D eigenvalue weighted by molar-refractivity contribution is 5.92. The molecule has 0 aromatic heterocycles. The van der Waals surface area contributed by atoms with Gasteiger partial charge in [0.05, 0.1) is 5.56 Å². The quantitative estimate of drug-likeness (QED) is 0.427. The average Bonchev–Trinajstić information content (AvgIpc) is 2.84. The Morgan fingerprint density at radius 2 is 1.86 bits per heavy atom. The second kappa shape index (κ2) is 10.3. The Balaban J connectivity index is 1.44. The topological polar surface area (TPSA) is 122 Å². The smallest absolute Gasteiger partial charge is 0.339 e. The zero-order chi connectivity index (χ0) is 24.9. The number of rotatable bonds is 8. The number of hydrogen-bond donors (Lipinski definition) is 3. The molecule has 0 aliphatic carbocycles. The number of carbonyl (C=O) groups is 3. The lowest BCUT2D eigenvalue weighted by atomic mass is 9.93. The van der Waals surface area contributed by atoms with Gasteiger partial charge in [0.25, 0.3) is 5.91 Å². The summed E-state index contributed by atoms with van der Waals surface area (Å²) in [4.78, 5) is 36.7. The SMILES string of the molecule is Cc1ccc(OCC(=O)N[C@H](Cc2ccc(O)cc2)C(=O)O)c([C@H]2Cc3ccccc3C(=O)O2)c1. The molecule has 3 aromatic carbocycles. The summed E-state index contributed by atoms with van der Waals surface area (Å²) in [5.41, 5.74) is 3.63. The monoisotopic (exact) mass is 475 g/mol. The van der Waals surface area contributed by atoms with Crippen LogP contribution in [-0.4, -0.2) is 40.7 Å². The van der Waals surface area contributed by atoms with Gasteiger partial charge in [0.2, 0.25) is 0 Å². The van der Waals surface area contributed by atoms with Crippen LogP contribution in [0.5, 0.6) is 11.5 Å². The second-order valence-electron chi connectivity index (χ2n) is 8.41. The molecule has 1 amide bonds. The number of phenolic OH excluding ortho intramolecular Hbond substituents is 1. The summed E-state index contributed by atoms with van der Waals surface area (Å²) < 4.78 is 11.4. The third-order valence-electron chi connectivity index (χ3n) is 5.77. The molecule has 0 saturated heterocycles. The standard InChI is InChI=1S/C27H25NO7/c1-16-6-11-23(21(12-16)24-14-18-4-2-3-5-20(18)27(33)35-24)34-15-25(30)28-22(26(31)32)13-17-7-9-19(29)10-8-17/h2-12,22,24,29H,13-15H2,1H3,(H,28,30)(H,31,32)/t22-,24-/m1/s1. The Labute approximate surface area is 202 Å². The number of hydrogen-bond acceptors (Lipinski definition) is 6. The lowest BCUT2D eigenvalue weighted by molar-refractivity contribution is -0.142. The maximum Gasteiger partial charge on any atom is 0.339 e. The van der Waals surface area contributed by atoms with Gasteiger partial charge in [-0.15, -0.1) is 0 Å². The van der Waals surface area contributed by atoms with Crippen LogP contribution in [-0.2, 0) is 27.2 Å². The van der Waals surface area contributed by atoms with E-state index in [1.807, 2.05) is 31.2 Å². The van der Waals surface area contributed by atoms with Gasteiger partial charge in [-0.2, -0.15) is 0 Å². The Kier molecular flexibility index (Phi) is 7.01. The number of phenols is 1. The molecular formula is C27H25NO7. The first kappa shape index (κ1) is 23.8. The van der Waals surface area contributed by atoms with Crippen molar-refractivity contribution in [3.05, 3.63) is 94.5 Å². The van der Waals surface area contributed by atoms with E-state index in [0.717, 1.165) is 11.1 Å². The first-order valence-electron chi connectivity index (χ1n) is 11.1. The van der Waals surface area contributed by atoms with Crippen LogP contribution in [0.25, 0.3) is 0 Å². The molecule has 2 atom stereocenters. The zero-order valence-electron chi connectivity index (χ0n) is 19.1. The summed E-state index contributed by atoms with van der Waals surface area (Å²) in [5.74, 6) is -1.75. The number of carboxylic acids is 1. The molecule has 35 heavy (non-hydrogen) atoms. The van der Waals surface area contributed by atoms with E-state index in [1.165, 1.54) is 12.1 Å². The molecule has 1 aliphatic rings. The predicted molar refractivity (Wildman–Crippen MR) is 126 cm³/mol. The van der Waals surface area contributed by atoms with E-state index >= 15 is 0 Å². The van der Waals surface area contributed by atoms with Crippen molar-refractivity contribution >= 4 is 17.8 Å². The van der Waals surface area contributed by atoms with E-state index in [2.05, 4.69) is 5.32 Å². The largest absolute Gasteiger partial charge is 0.508 e. The number of benzene rings is 3. The van der Waals surface area contributed by atoms with Gasteiger partial charge in [-0.25, -0.2) is 9.59 Å². The fourth-order valence-electron chi connectivity index (χ4n) is 4.00. The van der Waals surface area contributed by atoms with Gasteiger partial charge in [0.15, 0.2) is 6.61 Å². The van der Waals surface area contributed by atoms with Crippen molar-refractivity contribution < 1.29 is 34.1 Å². The fourth-order valence-corrected chi connectivity index (χ4v) is 4.00. The number of aromatic hydroxyl groups is 1. The summed E-state index contributed by atoms with van der Waals surface area (Å²) in [6, 6.07) is 17.6. The Morgan fingerprint density at radius 3 is 2.60 bits per heavy atom. The number of nitrogens with one attached hydrogen (secondary N) is 1. The molecular weight excluding hydrogens is 450 g/mol. The number of aryl methyl sites for hydroxylation is 1. The number of ether oxygens (including phenoxy) is 2. The number of amides is 1. The van der Waals surface area contributed by atoms with Gasteiger partial charge in [-0.3, -0.25) is 4.79 Å². The Bertz CT molecular complexity index is 1250. The van der Waals surface area contributed by atoms with Crippen molar-refractivity contribution in [3.8, 4) is 11.5 Å². The zero-order valence-corrected chi connectivity index (χ0v) is 19.1. The summed E-state index contributed by atoms with van der Waals surface area (Å²) in [6.07, 6.45) is -0.0485. The number of esters is 1. The first-order valence-corrected chi connectivity index (χ1v) is 11.1. The summed E-state index contributed by atoms with van der Waals surface area (Å²) >= 11 is 0. The molecule has 180 valence electrons. The van der Waals surface area contributed by atoms with Gasteiger partial charge in [0, 0.05) is 18.4 Å². The van der Waals surface area contributed by atoms with Crippen molar-refractivity contribution in [1.29, 1.82) is 0 Å². The van der Waals surface area contributed by atoms with Crippen molar-refractivity contribution in [2.24, 2.45) is 0 Å². The molecule has 3 N–H and O–H groups in total. The van der Waals surface area contributed by atoms with Gasteiger partial charge in [-0.1, -0.05) is 42.0 Å². The highest BCUT2D eigenvalue weighted by Crippen LogP contribution is 2.35. The summed E-state index contributed by atoms with van der Waals surface area (Å²) in [6.45, 7) is 1.49. The normalized spacial score (nSPS) is 15.5. The third-order valence-corrected chi connectivity index (χ3v) is 5.77. The molecule has 0 unspecified atom stereocenters. The minimum Gasteiger partial charge on any atom is -0.508 e. The van der Waals surface area contributed by atoms with Crippen LogP contribution in [0, 0.1) is 6.92 Å². The van der Waals surface area contributed by atoms with E-state index < -0.39 is 36.6 Å². The van der Waals surface area contributed by atoms with Crippen LogP contribution in [0.3, 0.4) is 0 Å². The summed E-state index contributed by atoms with van der Waals surface area (Å²) in [7, 11) is 0. The molecule has 0 saturated carbocycles. The van der Waals surface area contributed by atoms with Crippen molar-refractivity contribution in [2.75, 3.05) is 6.61 Å².